The highest BCUT2D eigenvalue weighted by Gasteiger charge is 2.33. The normalized spacial score (nSPS) is 23.5. The number of hydrogen-bond donors (Lipinski definition) is 2. The molecule has 0 aliphatic carbocycles. The summed E-state index contributed by atoms with van der Waals surface area (Å²) in [5.41, 5.74) is -1.01. The summed E-state index contributed by atoms with van der Waals surface area (Å²) in [5, 5.41) is 12.2. The fourth-order valence-corrected chi connectivity index (χ4v) is 1.76. The lowest BCUT2D eigenvalue weighted by Crippen LogP contribution is -2.53. The van der Waals surface area contributed by atoms with E-state index in [9.17, 15) is 9.90 Å². The molecule has 0 aromatic heterocycles. The van der Waals surface area contributed by atoms with Gasteiger partial charge in [0.15, 0.2) is 0 Å². The lowest BCUT2D eigenvalue weighted by molar-refractivity contribution is -0.147. The molecule has 1 heterocycles. The molecule has 0 aromatic rings. The molecule has 5 heteroatoms. The summed E-state index contributed by atoms with van der Waals surface area (Å²) in [4.78, 5) is 11.2. The number of rotatable bonds is 8. The highest BCUT2D eigenvalue weighted by Crippen LogP contribution is 2.13. The Labute approximate surface area is 102 Å². The number of carboxylic acid groups (broad SMARTS) is 1. The molecule has 2 atom stereocenters. The molecule has 0 aromatic carbocycles. The molecule has 0 amide bonds. The maximum Gasteiger partial charge on any atom is 0.326 e. The first kappa shape index (κ1) is 14.4. The van der Waals surface area contributed by atoms with Crippen molar-refractivity contribution in [2.75, 3.05) is 26.4 Å². The number of aliphatic carboxylic acids is 1. The van der Waals surface area contributed by atoms with Gasteiger partial charge in [0.1, 0.15) is 5.54 Å². The second-order valence-electron chi connectivity index (χ2n) is 4.71. The number of ether oxygens (including phenoxy) is 2. The number of carboxylic acids is 1. The number of hydrogen-bond acceptors (Lipinski definition) is 4. The topological polar surface area (TPSA) is 67.8 Å². The van der Waals surface area contributed by atoms with Gasteiger partial charge in [0.2, 0.25) is 0 Å². The first-order valence-electron chi connectivity index (χ1n) is 6.26. The predicted molar refractivity (Wildman–Crippen MR) is 64.1 cm³/mol. The van der Waals surface area contributed by atoms with Crippen molar-refractivity contribution in [3.05, 3.63) is 0 Å². The van der Waals surface area contributed by atoms with Crippen molar-refractivity contribution in [3.8, 4) is 0 Å². The Morgan fingerprint density at radius 1 is 1.65 bits per heavy atom. The molecule has 1 rings (SSSR count). The van der Waals surface area contributed by atoms with E-state index in [2.05, 4.69) is 5.32 Å². The monoisotopic (exact) mass is 245 g/mol. The lowest BCUT2D eigenvalue weighted by Gasteiger charge is -2.26. The third kappa shape index (κ3) is 4.61. The third-order valence-corrected chi connectivity index (χ3v) is 2.96. The summed E-state index contributed by atoms with van der Waals surface area (Å²) in [6.07, 6.45) is 3.11. The van der Waals surface area contributed by atoms with Crippen LogP contribution in [0.25, 0.3) is 0 Å². The van der Waals surface area contributed by atoms with E-state index < -0.39 is 11.5 Å². The van der Waals surface area contributed by atoms with Gasteiger partial charge in [-0.25, -0.2) is 0 Å². The standard InChI is InChI=1S/C12H23NO4/c1-3-6-13-12(2,11(14)15)9-16-8-10-5-4-7-17-10/h10,13H,3-9H2,1-2H3,(H,14,15). The zero-order chi connectivity index (χ0) is 12.7. The maximum atomic E-state index is 11.2. The molecule has 5 nitrogen and oxygen atoms in total. The molecule has 17 heavy (non-hydrogen) atoms. The minimum Gasteiger partial charge on any atom is -0.480 e. The van der Waals surface area contributed by atoms with Crippen LogP contribution in [0, 0.1) is 0 Å². The quantitative estimate of drug-likeness (QED) is 0.668. The molecule has 0 radical (unpaired) electrons. The van der Waals surface area contributed by atoms with Crippen LogP contribution < -0.4 is 5.32 Å². The van der Waals surface area contributed by atoms with Gasteiger partial charge in [0.05, 0.1) is 19.3 Å². The van der Waals surface area contributed by atoms with Crippen LogP contribution in [0.2, 0.25) is 0 Å². The van der Waals surface area contributed by atoms with Crippen LogP contribution in [0.5, 0.6) is 0 Å². The van der Waals surface area contributed by atoms with Gasteiger partial charge in [-0.15, -0.1) is 0 Å². The van der Waals surface area contributed by atoms with E-state index in [0.29, 0.717) is 13.2 Å². The van der Waals surface area contributed by atoms with Crippen LogP contribution in [0.15, 0.2) is 0 Å². The van der Waals surface area contributed by atoms with Crippen molar-refractivity contribution in [2.24, 2.45) is 0 Å². The van der Waals surface area contributed by atoms with Gasteiger partial charge in [-0.05, 0) is 32.7 Å². The van der Waals surface area contributed by atoms with Crippen LogP contribution in [-0.2, 0) is 14.3 Å². The average Bonchev–Trinajstić information content (AvgIpc) is 2.79. The van der Waals surface area contributed by atoms with Crippen molar-refractivity contribution in [1.29, 1.82) is 0 Å². The average molecular weight is 245 g/mol. The van der Waals surface area contributed by atoms with Crippen LogP contribution in [0.3, 0.4) is 0 Å². The zero-order valence-electron chi connectivity index (χ0n) is 10.7. The summed E-state index contributed by atoms with van der Waals surface area (Å²) in [5.74, 6) is -0.877. The molecule has 1 fully saturated rings. The minimum absolute atomic E-state index is 0.138. The van der Waals surface area contributed by atoms with Gasteiger partial charge in [-0.3, -0.25) is 4.79 Å². The highest BCUT2D eigenvalue weighted by molar-refractivity contribution is 5.78. The zero-order valence-corrected chi connectivity index (χ0v) is 10.7. The first-order chi connectivity index (χ1) is 8.08. The van der Waals surface area contributed by atoms with Crippen molar-refractivity contribution >= 4 is 5.97 Å². The van der Waals surface area contributed by atoms with Crippen molar-refractivity contribution in [1.82, 2.24) is 5.32 Å². The third-order valence-electron chi connectivity index (χ3n) is 2.96. The van der Waals surface area contributed by atoms with E-state index in [1.54, 1.807) is 6.92 Å². The maximum absolute atomic E-state index is 11.2. The van der Waals surface area contributed by atoms with E-state index in [4.69, 9.17) is 9.47 Å². The lowest BCUT2D eigenvalue weighted by atomic mass is 10.0. The molecule has 100 valence electrons. The van der Waals surface area contributed by atoms with E-state index in [1.807, 2.05) is 6.92 Å². The van der Waals surface area contributed by atoms with E-state index in [0.717, 1.165) is 25.9 Å². The SMILES string of the molecule is CCCNC(C)(COCC1CCCO1)C(=O)O. The van der Waals surface area contributed by atoms with Gasteiger partial charge >= 0.3 is 5.97 Å². The van der Waals surface area contributed by atoms with Gasteiger partial charge in [-0.2, -0.15) is 0 Å². The van der Waals surface area contributed by atoms with Crippen LogP contribution in [0.4, 0.5) is 0 Å². The molecule has 1 saturated heterocycles. The van der Waals surface area contributed by atoms with E-state index >= 15 is 0 Å². The Kier molecular flexibility index (Phi) is 5.88. The molecular weight excluding hydrogens is 222 g/mol. The second kappa shape index (κ2) is 6.93. The minimum atomic E-state index is -1.01. The predicted octanol–water partition coefficient (Wildman–Crippen LogP) is 1.02. The molecule has 0 saturated carbocycles. The van der Waals surface area contributed by atoms with Gasteiger partial charge in [0.25, 0.3) is 0 Å². The molecule has 2 unspecified atom stereocenters. The summed E-state index contributed by atoms with van der Waals surface area (Å²) in [6, 6.07) is 0. The van der Waals surface area contributed by atoms with Crippen LogP contribution >= 0.6 is 0 Å². The van der Waals surface area contributed by atoms with Gasteiger partial charge < -0.3 is 19.9 Å². The van der Waals surface area contributed by atoms with E-state index in [1.165, 1.54) is 0 Å². The van der Waals surface area contributed by atoms with Crippen molar-refractivity contribution in [3.63, 3.8) is 0 Å². The van der Waals surface area contributed by atoms with E-state index in [-0.39, 0.29) is 12.7 Å². The Hall–Kier alpha value is -0.650. The first-order valence-corrected chi connectivity index (χ1v) is 6.26. The molecule has 1 aliphatic rings. The largest absolute Gasteiger partial charge is 0.480 e. The smallest absolute Gasteiger partial charge is 0.326 e. The number of carbonyl (C=O) groups is 1. The Morgan fingerprint density at radius 3 is 2.94 bits per heavy atom. The van der Waals surface area contributed by atoms with Crippen molar-refractivity contribution < 1.29 is 19.4 Å². The Bertz CT molecular complexity index is 241. The summed E-state index contributed by atoms with van der Waals surface area (Å²) < 4.78 is 10.9. The summed E-state index contributed by atoms with van der Waals surface area (Å²) in [6.45, 7) is 5.77. The Morgan fingerprint density at radius 2 is 2.41 bits per heavy atom. The molecule has 0 spiro atoms. The molecule has 0 bridgehead atoms. The molecular formula is C12H23NO4. The second-order valence-corrected chi connectivity index (χ2v) is 4.71. The van der Waals surface area contributed by atoms with Crippen LogP contribution in [-0.4, -0.2) is 49.1 Å². The summed E-state index contributed by atoms with van der Waals surface area (Å²) in [7, 11) is 0. The highest BCUT2D eigenvalue weighted by atomic mass is 16.5. The summed E-state index contributed by atoms with van der Waals surface area (Å²) >= 11 is 0. The van der Waals surface area contributed by atoms with Crippen LogP contribution in [0.1, 0.15) is 33.1 Å². The fourth-order valence-electron chi connectivity index (χ4n) is 1.76. The molecule has 1 aliphatic heterocycles. The Balaban J connectivity index is 2.30. The molecule has 2 N–H and O–H groups in total. The van der Waals surface area contributed by atoms with Gasteiger partial charge in [0, 0.05) is 6.61 Å². The van der Waals surface area contributed by atoms with Crippen molar-refractivity contribution in [2.45, 2.75) is 44.8 Å². The fraction of sp³-hybridized carbons (Fsp3) is 0.917. The van der Waals surface area contributed by atoms with Gasteiger partial charge in [-0.1, -0.05) is 6.92 Å². The number of nitrogens with one attached hydrogen (secondary N) is 1.